The summed E-state index contributed by atoms with van der Waals surface area (Å²) >= 11 is 0. The molecule has 0 aromatic carbocycles. The lowest BCUT2D eigenvalue weighted by atomic mass is 10.1. The number of hydrogen-bond donors (Lipinski definition) is 2. The van der Waals surface area contributed by atoms with E-state index in [4.69, 9.17) is 5.11 Å². The van der Waals surface area contributed by atoms with Crippen LogP contribution in [0.4, 0.5) is 4.79 Å². The molecule has 2 N–H and O–H groups in total. The van der Waals surface area contributed by atoms with E-state index in [1.807, 2.05) is 13.8 Å². The van der Waals surface area contributed by atoms with Crippen molar-refractivity contribution in [1.29, 1.82) is 0 Å². The molecule has 0 saturated heterocycles. The average molecular weight is 242 g/mol. The van der Waals surface area contributed by atoms with Crippen molar-refractivity contribution in [1.82, 2.24) is 10.2 Å². The molecule has 0 bridgehead atoms. The standard InChI is InChI=1S/C12H22N2O3/c1-4-8(2)14(3)12(17)13-10-6-5-9(7-10)11(15)16/h8-10H,4-7H2,1-3H3,(H,13,17)(H,15,16)/t8?,9-,10+/m1/s1. The van der Waals surface area contributed by atoms with Crippen LogP contribution in [0.5, 0.6) is 0 Å². The maximum Gasteiger partial charge on any atom is 0.317 e. The highest BCUT2D eigenvalue weighted by Crippen LogP contribution is 2.25. The van der Waals surface area contributed by atoms with Crippen molar-refractivity contribution < 1.29 is 14.7 Å². The van der Waals surface area contributed by atoms with Gasteiger partial charge in [0, 0.05) is 19.1 Å². The maximum absolute atomic E-state index is 11.8. The van der Waals surface area contributed by atoms with Gasteiger partial charge < -0.3 is 15.3 Å². The third-order valence-corrected chi connectivity index (χ3v) is 3.68. The minimum Gasteiger partial charge on any atom is -0.481 e. The zero-order valence-corrected chi connectivity index (χ0v) is 10.8. The Hall–Kier alpha value is -1.26. The molecule has 0 aromatic rings. The van der Waals surface area contributed by atoms with Crippen LogP contribution in [0, 0.1) is 5.92 Å². The first-order valence-corrected chi connectivity index (χ1v) is 6.21. The topological polar surface area (TPSA) is 69.6 Å². The lowest BCUT2D eigenvalue weighted by molar-refractivity contribution is -0.141. The largest absolute Gasteiger partial charge is 0.481 e. The lowest BCUT2D eigenvalue weighted by Crippen LogP contribution is -2.45. The summed E-state index contributed by atoms with van der Waals surface area (Å²) in [4.78, 5) is 24.3. The van der Waals surface area contributed by atoms with E-state index in [-0.39, 0.29) is 24.0 Å². The number of aliphatic carboxylic acids is 1. The van der Waals surface area contributed by atoms with E-state index in [9.17, 15) is 9.59 Å². The van der Waals surface area contributed by atoms with Crippen LogP contribution in [0.1, 0.15) is 39.5 Å². The number of amides is 2. The lowest BCUT2D eigenvalue weighted by Gasteiger charge is -2.26. The summed E-state index contributed by atoms with van der Waals surface area (Å²) in [5.41, 5.74) is 0. The van der Waals surface area contributed by atoms with Crippen molar-refractivity contribution in [3.63, 3.8) is 0 Å². The average Bonchev–Trinajstić information content (AvgIpc) is 2.75. The van der Waals surface area contributed by atoms with Gasteiger partial charge in [0.2, 0.25) is 0 Å². The highest BCUT2D eigenvalue weighted by molar-refractivity contribution is 5.75. The van der Waals surface area contributed by atoms with Gasteiger partial charge in [0.05, 0.1) is 5.92 Å². The van der Waals surface area contributed by atoms with E-state index in [1.54, 1.807) is 11.9 Å². The van der Waals surface area contributed by atoms with Crippen LogP contribution in [0.15, 0.2) is 0 Å². The zero-order chi connectivity index (χ0) is 13.0. The molecule has 1 aliphatic rings. The molecule has 5 heteroatoms. The van der Waals surface area contributed by atoms with Gasteiger partial charge in [0.1, 0.15) is 0 Å². The van der Waals surface area contributed by atoms with E-state index >= 15 is 0 Å². The molecule has 0 heterocycles. The maximum atomic E-state index is 11.8. The third kappa shape index (κ3) is 3.61. The van der Waals surface area contributed by atoms with Gasteiger partial charge in [-0.2, -0.15) is 0 Å². The van der Waals surface area contributed by atoms with E-state index < -0.39 is 5.97 Å². The number of hydrogen-bond acceptors (Lipinski definition) is 2. The summed E-state index contributed by atoms with van der Waals surface area (Å²) in [6.45, 7) is 4.03. The molecule has 1 unspecified atom stereocenters. The van der Waals surface area contributed by atoms with Gasteiger partial charge in [-0.25, -0.2) is 4.79 Å². The van der Waals surface area contributed by atoms with Crippen molar-refractivity contribution >= 4 is 12.0 Å². The number of carboxylic acids is 1. The number of nitrogens with zero attached hydrogens (tertiary/aromatic N) is 1. The van der Waals surface area contributed by atoms with Crippen LogP contribution in [0.25, 0.3) is 0 Å². The zero-order valence-electron chi connectivity index (χ0n) is 10.8. The van der Waals surface area contributed by atoms with Crippen LogP contribution in [0.2, 0.25) is 0 Å². The minimum absolute atomic E-state index is 0.00936. The van der Waals surface area contributed by atoms with Gasteiger partial charge in [0.15, 0.2) is 0 Å². The molecule has 0 aliphatic heterocycles. The summed E-state index contributed by atoms with van der Waals surface area (Å²) in [5, 5.41) is 11.8. The molecule has 0 radical (unpaired) electrons. The predicted octanol–water partition coefficient (Wildman–Crippen LogP) is 1.68. The van der Waals surface area contributed by atoms with E-state index in [0.29, 0.717) is 12.8 Å². The van der Waals surface area contributed by atoms with Crippen LogP contribution in [-0.4, -0.2) is 41.1 Å². The molecule has 0 spiro atoms. The van der Waals surface area contributed by atoms with Gasteiger partial charge >= 0.3 is 12.0 Å². The normalized spacial score (nSPS) is 25.4. The Morgan fingerprint density at radius 3 is 2.59 bits per heavy atom. The smallest absolute Gasteiger partial charge is 0.317 e. The van der Waals surface area contributed by atoms with Crippen LogP contribution < -0.4 is 5.32 Å². The van der Waals surface area contributed by atoms with Crippen LogP contribution >= 0.6 is 0 Å². The fraction of sp³-hybridized carbons (Fsp3) is 0.833. The molecule has 1 aliphatic carbocycles. The number of urea groups is 1. The fourth-order valence-corrected chi connectivity index (χ4v) is 2.09. The molecular formula is C12H22N2O3. The summed E-state index contributed by atoms with van der Waals surface area (Å²) in [6, 6.07) is 0.108. The molecule has 5 nitrogen and oxygen atoms in total. The third-order valence-electron chi connectivity index (χ3n) is 3.68. The summed E-state index contributed by atoms with van der Waals surface area (Å²) in [6.07, 6.45) is 2.88. The summed E-state index contributed by atoms with van der Waals surface area (Å²) in [5.74, 6) is -1.05. The van der Waals surface area contributed by atoms with Crippen molar-refractivity contribution in [2.45, 2.75) is 51.6 Å². The Morgan fingerprint density at radius 2 is 2.12 bits per heavy atom. The van der Waals surface area contributed by atoms with Gasteiger partial charge in [-0.15, -0.1) is 0 Å². The van der Waals surface area contributed by atoms with Gasteiger partial charge in [-0.05, 0) is 32.6 Å². The molecule has 1 rings (SSSR count). The van der Waals surface area contributed by atoms with Crippen molar-refractivity contribution in [2.24, 2.45) is 5.92 Å². The molecule has 17 heavy (non-hydrogen) atoms. The van der Waals surface area contributed by atoms with Crippen LogP contribution in [0.3, 0.4) is 0 Å². The Morgan fingerprint density at radius 1 is 1.47 bits per heavy atom. The van der Waals surface area contributed by atoms with E-state index in [0.717, 1.165) is 12.8 Å². The van der Waals surface area contributed by atoms with Gasteiger partial charge in [0.25, 0.3) is 0 Å². The summed E-state index contributed by atoms with van der Waals surface area (Å²) < 4.78 is 0. The number of nitrogens with one attached hydrogen (secondary N) is 1. The van der Waals surface area contributed by atoms with Gasteiger partial charge in [-0.3, -0.25) is 4.79 Å². The van der Waals surface area contributed by atoms with E-state index in [1.165, 1.54) is 0 Å². The van der Waals surface area contributed by atoms with Crippen molar-refractivity contribution in [3.8, 4) is 0 Å². The first kappa shape index (κ1) is 13.8. The molecule has 1 fully saturated rings. The molecule has 0 aromatic heterocycles. The number of rotatable bonds is 4. The molecular weight excluding hydrogens is 220 g/mol. The molecule has 1 saturated carbocycles. The minimum atomic E-state index is -0.753. The second kappa shape index (κ2) is 5.89. The van der Waals surface area contributed by atoms with Crippen molar-refractivity contribution in [3.05, 3.63) is 0 Å². The predicted molar refractivity (Wildman–Crippen MR) is 64.8 cm³/mol. The molecule has 3 atom stereocenters. The Kier molecular flexibility index (Phi) is 4.78. The van der Waals surface area contributed by atoms with Gasteiger partial charge in [-0.1, -0.05) is 6.92 Å². The molecule has 98 valence electrons. The van der Waals surface area contributed by atoms with E-state index in [2.05, 4.69) is 5.32 Å². The monoisotopic (exact) mass is 242 g/mol. The Balaban J connectivity index is 2.40. The SMILES string of the molecule is CCC(C)N(C)C(=O)N[C@H]1CC[C@@H](C(=O)O)C1. The first-order valence-electron chi connectivity index (χ1n) is 6.21. The fourth-order valence-electron chi connectivity index (χ4n) is 2.09. The first-order chi connectivity index (χ1) is 7.95. The second-order valence-electron chi connectivity index (χ2n) is 4.86. The molecule has 2 amide bonds. The second-order valence-corrected chi connectivity index (χ2v) is 4.86. The number of carbonyl (C=O) groups excluding carboxylic acids is 1. The number of carbonyl (C=O) groups is 2. The Bertz CT molecular complexity index is 293. The van der Waals surface area contributed by atoms with Crippen LogP contribution in [-0.2, 0) is 4.79 Å². The quantitative estimate of drug-likeness (QED) is 0.788. The highest BCUT2D eigenvalue weighted by Gasteiger charge is 2.31. The Labute approximate surface area is 102 Å². The summed E-state index contributed by atoms with van der Waals surface area (Å²) in [7, 11) is 1.77. The van der Waals surface area contributed by atoms with Crippen molar-refractivity contribution in [2.75, 3.05) is 7.05 Å². The number of carboxylic acid groups (broad SMARTS) is 1. The highest BCUT2D eigenvalue weighted by atomic mass is 16.4.